The molecule has 0 aromatic heterocycles. The van der Waals surface area contributed by atoms with Gasteiger partial charge < -0.3 is 41.6 Å². The number of nitrogens with zero attached hydrogens (tertiary/aromatic N) is 4. The van der Waals surface area contributed by atoms with E-state index in [1.165, 1.54) is 25.7 Å². The number of hydrogen-bond acceptors (Lipinski definition) is 8. The zero-order valence-corrected chi connectivity index (χ0v) is 36.1. The van der Waals surface area contributed by atoms with Crippen LogP contribution in [-0.2, 0) is 14.3 Å². The van der Waals surface area contributed by atoms with Crippen LogP contribution in [0.4, 0.5) is 0 Å². The van der Waals surface area contributed by atoms with Crippen molar-refractivity contribution in [1.82, 2.24) is 15.2 Å². The number of hydrazone groups is 1. The molecule has 11 nitrogen and oxygen atoms in total. The second-order valence-electron chi connectivity index (χ2n) is 15.0. The van der Waals surface area contributed by atoms with E-state index in [1.54, 1.807) is 24.3 Å². The van der Waals surface area contributed by atoms with Crippen molar-refractivity contribution in [3.05, 3.63) is 58.7 Å². The maximum Gasteiger partial charge on any atom is 0.338 e. The maximum absolute atomic E-state index is 13.2. The van der Waals surface area contributed by atoms with Crippen LogP contribution in [-0.4, -0.2) is 123 Å². The number of ether oxygens (including phenoxy) is 2. The molecule has 2 aromatic rings. The van der Waals surface area contributed by atoms with Gasteiger partial charge in [0, 0.05) is 24.2 Å². The summed E-state index contributed by atoms with van der Waals surface area (Å²) in [6, 6.07) is 10.9. The highest BCUT2D eigenvalue weighted by atomic mass is 35.5. The summed E-state index contributed by atoms with van der Waals surface area (Å²) in [5, 5.41) is 4.57. The van der Waals surface area contributed by atoms with Crippen LogP contribution in [0.1, 0.15) is 124 Å². The molecule has 0 radical (unpaired) electrons. The third-order valence-electron chi connectivity index (χ3n) is 9.24. The minimum Gasteiger partial charge on any atom is -1.00 e. The van der Waals surface area contributed by atoms with Crippen LogP contribution in [0.3, 0.4) is 0 Å². The van der Waals surface area contributed by atoms with Crippen molar-refractivity contribution in [2.24, 2.45) is 5.10 Å². The van der Waals surface area contributed by atoms with Gasteiger partial charge in [0.2, 0.25) is 0 Å². The molecular weight excluding hydrogens is 741 g/mol. The van der Waals surface area contributed by atoms with Crippen molar-refractivity contribution in [3.63, 3.8) is 0 Å². The van der Waals surface area contributed by atoms with Crippen LogP contribution in [0, 0.1) is 0 Å². The highest BCUT2D eigenvalue weighted by Crippen LogP contribution is 2.38. The maximum atomic E-state index is 13.2. The molecule has 1 aliphatic rings. The van der Waals surface area contributed by atoms with Gasteiger partial charge in [-0.2, -0.15) is 5.10 Å². The smallest absolute Gasteiger partial charge is 0.338 e. The fourth-order valence-corrected chi connectivity index (χ4v) is 6.32. The lowest BCUT2D eigenvalue weighted by Crippen LogP contribution is -3.00. The number of rotatable bonds is 25. The van der Waals surface area contributed by atoms with Crippen molar-refractivity contribution in [1.29, 1.82) is 0 Å². The number of unbranched alkanes of at least 4 members (excludes halogenated alkanes) is 4. The molecule has 0 unspecified atom stereocenters. The Morgan fingerprint density at radius 1 is 0.618 bits per heavy atom. The summed E-state index contributed by atoms with van der Waals surface area (Å²) in [6.07, 6.45) is 10.9. The number of esters is 2. The zero-order chi connectivity index (χ0) is 37.9. The van der Waals surface area contributed by atoms with Gasteiger partial charge in [-0.15, -0.1) is 12.4 Å². The summed E-state index contributed by atoms with van der Waals surface area (Å²) in [4.78, 5) is 44.2. The van der Waals surface area contributed by atoms with Crippen molar-refractivity contribution >= 4 is 36.0 Å². The minimum absolute atomic E-state index is 0. The number of carbonyl (C=O) groups excluding carboxylic acids is 3. The summed E-state index contributed by atoms with van der Waals surface area (Å²) in [5.74, 6) is -1.03. The molecule has 312 valence electrons. The molecule has 55 heavy (non-hydrogen) atoms. The largest absolute Gasteiger partial charge is 1.00 e. The zero-order valence-electron chi connectivity index (χ0n) is 34.5. The SMILES string of the molecule is CCCCN(CCCC)CCCOC(=O)c1ccc2c(c1)C(=NNC(=O)C[N+](C)(C)C)c1cc(C(=O)OCCCN(CCCC)CCCC)ccc1-2.Cl.O.[Cl-]. The average Bonchev–Trinajstić information content (AvgIpc) is 3.43. The van der Waals surface area contributed by atoms with Gasteiger partial charge in [0.15, 0.2) is 6.54 Å². The number of amides is 1. The Morgan fingerprint density at radius 3 is 1.33 bits per heavy atom. The fraction of sp³-hybridized carbons (Fsp3) is 0.619. The minimum atomic E-state index is -0.395. The second kappa shape index (κ2) is 27.5. The van der Waals surface area contributed by atoms with E-state index in [-0.39, 0.29) is 42.7 Å². The van der Waals surface area contributed by atoms with E-state index in [0.29, 0.717) is 45.7 Å². The number of fused-ring (bicyclic) bond motifs is 3. The van der Waals surface area contributed by atoms with E-state index >= 15 is 0 Å². The van der Waals surface area contributed by atoms with E-state index in [4.69, 9.17) is 9.47 Å². The third-order valence-corrected chi connectivity index (χ3v) is 9.24. The number of quaternary nitrogens is 1. The monoisotopic (exact) mass is 809 g/mol. The van der Waals surface area contributed by atoms with Gasteiger partial charge in [-0.25, -0.2) is 15.0 Å². The topological polar surface area (TPSA) is 132 Å². The summed E-state index contributed by atoms with van der Waals surface area (Å²) in [7, 11) is 5.81. The Kier molecular flexibility index (Phi) is 26.0. The first-order valence-corrected chi connectivity index (χ1v) is 19.8. The molecule has 0 aliphatic heterocycles. The molecule has 0 heterocycles. The molecule has 0 saturated carbocycles. The number of halogens is 2. The first kappa shape index (κ1) is 51.9. The number of hydrogen-bond donors (Lipinski definition) is 1. The van der Waals surface area contributed by atoms with Crippen LogP contribution in [0.2, 0.25) is 0 Å². The number of likely N-dealkylation sites (N-methyl/N-ethyl adjacent to an activating group) is 1. The summed E-state index contributed by atoms with van der Waals surface area (Å²) >= 11 is 0. The molecular formula is C42H69Cl2N5O6. The van der Waals surface area contributed by atoms with Gasteiger partial charge in [0.05, 0.1) is 51.2 Å². The molecule has 0 atom stereocenters. The lowest BCUT2D eigenvalue weighted by molar-refractivity contribution is -0.862. The lowest BCUT2D eigenvalue weighted by Gasteiger charge is -2.22. The van der Waals surface area contributed by atoms with Crippen LogP contribution in [0.15, 0.2) is 41.5 Å². The first-order chi connectivity index (χ1) is 25.0. The Morgan fingerprint density at radius 2 is 0.982 bits per heavy atom. The van der Waals surface area contributed by atoms with Gasteiger partial charge in [-0.3, -0.25) is 4.79 Å². The van der Waals surface area contributed by atoms with E-state index in [2.05, 4.69) is 48.0 Å². The van der Waals surface area contributed by atoms with Gasteiger partial charge in [-0.05, 0) is 100 Å². The van der Waals surface area contributed by atoms with E-state index in [1.807, 2.05) is 33.3 Å². The molecule has 0 spiro atoms. The quantitative estimate of drug-likeness (QED) is 0.0598. The van der Waals surface area contributed by atoms with Crippen molar-refractivity contribution in [3.8, 4) is 11.1 Å². The van der Waals surface area contributed by atoms with Crippen LogP contribution in [0.25, 0.3) is 11.1 Å². The van der Waals surface area contributed by atoms with Gasteiger partial charge >= 0.3 is 11.9 Å². The highest BCUT2D eigenvalue weighted by molar-refractivity contribution is 6.25. The molecule has 3 rings (SSSR count). The second-order valence-corrected chi connectivity index (χ2v) is 15.0. The Hall–Kier alpha value is -3.06. The third kappa shape index (κ3) is 17.7. The molecule has 13 heteroatoms. The molecule has 0 saturated heterocycles. The van der Waals surface area contributed by atoms with Crippen molar-refractivity contribution < 1.29 is 46.2 Å². The summed E-state index contributed by atoms with van der Waals surface area (Å²) < 4.78 is 11.9. The van der Waals surface area contributed by atoms with Crippen molar-refractivity contribution in [2.75, 3.05) is 80.2 Å². The summed E-state index contributed by atoms with van der Waals surface area (Å²) in [5.41, 5.74) is 7.17. The van der Waals surface area contributed by atoms with Gasteiger partial charge in [-0.1, -0.05) is 65.5 Å². The predicted molar refractivity (Wildman–Crippen MR) is 222 cm³/mol. The lowest BCUT2D eigenvalue weighted by atomic mass is 10.0. The molecule has 1 aliphatic carbocycles. The number of benzene rings is 2. The highest BCUT2D eigenvalue weighted by Gasteiger charge is 2.28. The molecule has 3 N–H and O–H groups in total. The van der Waals surface area contributed by atoms with Gasteiger partial charge in [0.25, 0.3) is 5.91 Å². The number of nitrogens with one attached hydrogen (secondary N) is 1. The van der Waals surface area contributed by atoms with Crippen LogP contribution >= 0.6 is 12.4 Å². The van der Waals surface area contributed by atoms with E-state index in [9.17, 15) is 14.4 Å². The van der Waals surface area contributed by atoms with Crippen LogP contribution < -0.4 is 17.8 Å². The van der Waals surface area contributed by atoms with Crippen molar-refractivity contribution in [2.45, 2.75) is 91.9 Å². The summed E-state index contributed by atoms with van der Waals surface area (Å²) in [6.45, 7) is 15.8. The Balaban J connectivity index is 0.00000972. The average molecular weight is 811 g/mol. The molecule has 1 amide bonds. The fourth-order valence-electron chi connectivity index (χ4n) is 6.32. The van der Waals surface area contributed by atoms with E-state index in [0.717, 1.165) is 88.9 Å². The van der Waals surface area contributed by atoms with Crippen LogP contribution in [0.5, 0.6) is 0 Å². The van der Waals surface area contributed by atoms with E-state index < -0.39 is 11.9 Å². The predicted octanol–water partition coefficient (Wildman–Crippen LogP) is 3.74. The first-order valence-electron chi connectivity index (χ1n) is 19.8. The normalized spacial score (nSPS) is 11.5. The molecule has 0 bridgehead atoms. The standard InChI is InChI=1S/C42H65N5O5.2ClH.H2O/c1-8-12-22-45(23-13-9-2)26-16-28-51-41(49)33-18-20-35-36-21-19-34(42(50)52-29-17-27-46(24-14-10-3)25-15-11-4)31-38(36)40(37(35)30-33)44-43-39(48)32-47(5,6)7;;;/h18-21,30-31H,8-17,22-29,32H2,1-7H3;2*1H;1H2. The van der Waals surface area contributed by atoms with Gasteiger partial charge in [0.1, 0.15) is 0 Å². The number of carbonyl (C=O) groups is 3. The Labute approximate surface area is 343 Å². The molecule has 2 aromatic carbocycles. The Bertz CT molecular complexity index is 1380. The molecule has 0 fully saturated rings.